The van der Waals surface area contributed by atoms with Crippen molar-refractivity contribution in [2.45, 2.75) is 121 Å². The molecule has 1 fully saturated rings. The zero-order valence-electron chi connectivity index (χ0n) is 17.5. The molecule has 1 saturated heterocycles. The fraction of sp³-hybridized carbons (Fsp3) is 1.00. The topological polar surface area (TPSA) is 79.2 Å². The molecule has 0 spiro atoms. The van der Waals surface area contributed by atoms with E-state index in [2.05, 4.69) is 6.92 Å². The largest absolute Gasteiger partial charge is 0.394 e. The van der Waals surface area contributed by atoms with Crippen molar-refractivity contribution in [3.05, 3.63) is 0 Å². The van der Waals surface area contributed by atoms with E-state index in [1.54, 1.807) is 0 Å². The van der Waals surface area contributed by atoms with Crippen molar-refractivity contribution in [3.63, 3.8) is 0 Å². The number of aliphatic hydroxyl groups is 3. The Balaban J connectivity index is 1.85. The summed E-state index contributed by atoms with van der Waals surface area (Å²) < 4.78 is 11.0. The van der Waals surface area contributed by atoms with Gasteiger partial charge >= 0.3 is 0 Å². The van der Waals surface area contributed by atoms with Crippen LogP contribution < -0.4 is 0 Å². The first-order valence-corrected chi connectivity index (χ1v) is 11.4. The van der Waals surface area contributed by atoms with Crippen LogP contribution >= 0.6 is 0 Å². The molecule has 0 bridgehead atoms. The molecule has 0 saturated carbocycles. The molecule has 162 valence electrons. The molecule has 0 unspecified atom stereocenters. The van der Waals surface area contributed by atoms with E-state index in [4.69, 9.17) is 9.47 Å². The second-order valence-corrected chi connectivity index (χ2v) is 8.04. The molecule has 3 N–H and O–H groups in total. The highest BCUT2D eigenvalue weighted by molar-refractivity contribution is 4.88. The van der Waals surface area contributed by atoms with Gasteiger partial charge in [-0.05, 0) is 6.42 Å². The van der Waals surface area contributed by atoms with Crippen molar-refractivity contribution < 1.29 is 24.8 Å². The minimum Gasteiger partial charge on any atom is -0.394 e. The van der Waals surface area contributed by atoms with Crippen LogP contribution in [0.25, 0.3) is 0 Å². The van der Waals surface area contributed by atoms with Gasteiger partial charge in [0, 0.05) is 6.61 Å². The van der Waals surface area contributed by atoms with Crippen LogP contribution in [-0.2, 0) is 9.47 Å². The Morgan fingerprint density at radius 3 is 1.70 bits per heavy atom. The Kier molecular flexibility index (Phi) is 15.4. The maximum Gasteiger partial charge on any atom is 0.114 e. The van der Waals surface area contributed by atoms with Gasteiger partial charge in [0.05, 0.1) is 13.2 Å². The highest BCUT2D eigenvalue weighted by Crippen LogP contribution is 2.20. The van der Waals surface area contributed by atoms with E-state index in [0.29, 0.717) is 6.61 Å². The summed E-state index contributed by atoms with van der Waals surface area (Å²) in [5.74, 6) is 0. The van der Waals surface area contributed by atoms with Crippen molar-refractivity contribution in [3.8, 4) is 0 Å². The lowest BCUT2D eigenvalue weighted by atomic mass is 10.0. The molecule has 27 heavy (non-hydrogen) atoms. The second kappa shape index (κ2) is 16.7. The monoisotopic (exact) mass is 388 g/mol. The smallest absolute Gasteiger partial charge is 0.114 e. The van der Waals surface area contributed by atoms with Gasteiger partial charge in [-0.3, -0.25) is 0 Å². The van der Waals surface area contributed by atoms with E-state index in [1.165, 1.54) is 77.0 Å². The van der Waals surface area contributed by atoms with Gasteiger partial charge in [-0.1, -0.05) is 90.4 Å². The lowest BCUT2D eigenvalue weighted by Crippen LogP contribution is -2.42. The minimum absolute atomic E-state index is 0.102. The molecule has 0 radical (unpaired) electrons. The third-order valence-electron chi connectivity index (χ3n) is 5.57. The van der Waals surface area contributed by atoms with Gasteiger partial charge in [0.1, 0.15) is 24.4 Å². The maximum atomic E-state index is 9.82. The summed E-state index contributed by atoms with van der Waals surface area (Å²) in [5, 5.41) is 28.7. The van der Waals surface area contributed by atoms with Crippen molar-refractivity contribution in [1.29, 1.82) is 0 Å². The van der Waals surface area contributed by atoms with Gasteiger partial charge < -0.3 is 24.8 Å². The maximum absolute atomic E-state index is 9.82. The summed E-state index contributed by atoms with van der Waals surface area (Å²) >= 11 is 0. The quantitative estimate of drug-likeness (QED) is 0.310. The zero-order valence-corrected chi connectivity index (χ0v) is 17.5. The molecule has 4 atom stereocenters. The van der Waals surface area contributed by atoms with E-state index in [-0.39, 0.29) is 13.2 Å². The molecule has 0 aromatic rings. The van der Waals surface area contributed by atoms with Crippen LogP contribution in [0, 0.1) is 0 Å². The fourth-order valence-electron chi connectivity index (χ4n) is 3.74. The molecule has 0 amide bonds. The van der Waals surface area contributed by atoms with Crippen molar-refractivity contribution in [2.24, 2.45) is 0 Å². The second-order valence-electron chi connectivity index (χ2n) is 8.04. The number of rotatable bonds is 18. The van der Waals surface area contributed by atoms with E-state index < -0.39 is 24.4 Å². The van der Waals surface area contributed by atoms with E-state index >= 15 is 0 Å². The van der Waals surface area contributed by atoms with Crippen LogP contribution in [0.3, 0.4) is 0 Å². The van der Waals surface area contributed by atoms with Gasteiger partial charge in [0.2, 0.25) is 0 Å². The van der Waals surface area contributed by atoms with Crippen molar-refractivity contribution >= 4 is 0 Å². The summed E-state index contributed by atoms with van der Waals surface area (Å²) in [4.78, 5) is 0. The lowest BCUT2D eigenvalue weighted by Gasteiger charge is -2.24. The average Bonchev–Trinajstić information content (AvgIpc) is 3.00. The number of aliphatic hydroxyl groups excluding tert-OH is 3. The Morgan fingerprint density at radius 1 is 0.815 bits per heavy atom. The van der Waals surface area contributed by atoms with Crippen LogP contribution in [0.2, 0.25) is 0 Å². The van der Waals surface area contributed by atoms with Crippen LogP contribution in [0.5, 0.6) is 0 Å². The van der Waals surface area contributed by atoms with Crippen LogP contribution in [0.15, 0.2) is 0 Å². The van der Waals surface area contributed by atoms with Gasteiger partial charge in [0.25, 0.3) is 0 Å². The van der Waals surface area contributed by atoms with Gasteiger partial charge in [0.15, 0.2) is 0 Å². The molecule has 1 aliphatic rings. The normalized spacial score (nSPS) is 23.8. The van der Waals surface area contributed by atoms with Crippen molar-refractivity contribution in [1.82, 2.24) is 0 Å². The first-order valence-electron chi connectivity index (χ1n) is 11.4. The molecular formula is C22H44O5. The number of ether oxygens (including phenoxy) is 2. The molecule has 5 nitrogen and oxygen atoms in total. The average molecular weight is 389 g/mol. The summed E-state index contributed by atoms with van der Waals surface area (Å²) in [6.07, 6.45) is 15.4. The number of hydrogen-bond donors (Lipinski definition) is 3. The molecule has 1 heterocycles. The van der Waals surface area contributed by atoms with Crippen molar-refractivity contribution in [2.75, 3.05) is 19.8 Å². The van der Waals surface area contributed by atoms with E-state index in [1.807, 2.05) is 0 Å². The van der Waals surface area contributed by atoms with Crippen LogP contribution in [0.1, 0.15) is 96.8 Å². The zero-order chi connectivity index (χ0) is 19.7. The Labute approximate surface area is 166 Å². The Morgan fingerprint density at radius 2 is 1.30 bits per heavy atom. The first kappa shape index (κ1) is 24.8. The molecule has 0 aliphatic carbocycles. The van der Waals surface area contributed by atoms with E-state index in [0.717, 1.165) is 12.8 Å². The molecular weight excluding hydrogens is 344 g/mol. The highest BCUT2D eigenvalue weighted by atomic mass is 16.6. The Bertz CT molecular complexity index is 326. The predicted molar refractivity (Wildman–Crippen MR) is 109 cm³/mol. The Hall–Kier alpha value is -0.200. The molecule has 1 aliphatic heterocycles. The summed E-state index contributed by atoms with van der Waals surface area (Å²) in [6, 6.07) is 0. The molecule has 0 aromatic heterocycles. The summed E-state index contributed by atoms with van der Waals surface area (Å²) in [5.41, 5.74) is 0. The van der Waals surface area contributed by atoms with Gasteiger partial charge in [-0.15, -0.1) is 0 Å². The third-order valence-corrected chi connectivity index (χ3v) is 5.57. The minimum atomic E-state index is -0.974. The molecule has 1 rings (SSSR count). The van der Waals surface area contributed by atoms with E-state index in [9.17, 15) is 15.3 Å². The van der Waals surface area contributed by atoms with Gasteiger partial charge in [-0.2, -0.15) is 0 Å². The van der Waals surface area contributed by atoms with Crippen LogP contribution in [0.4, 0.5) is 0 Å². The van der Waals surface area contributed by atoms with Crippen LogP contribution in [-0.4, -0.2) is 59.6 Å². The SMILES string of the molecule is CCCCCCCCCCCCCCCCO[C@@H](CO)[C@H]1OC[C@@H](O)[C@H]1O. The number of hydrogen-bond acceptors (Lipinski definition) is 5. The standard InChI is InChI=1S/C22H44O5/c1-2-3-4-5-6-7-8-9-10-11-12-13-14-15-16-26-20(17-23)22-21(25)19(24)18-27-22/h19-25H,2-18H2,1H3/t19-,20+,21-,22-/m1/s1. The fourth-order valence-corrected chi connectivity index (χ4v) is 3.74. The summed E-state index contributed by atoms with van der Waals surface area (Å²) in [6.45, 7) is 2.73. The number of unbranched alkanes of at least 4 members (excludes halogenated alkanes) is 13. The highest BCUT2D eigenvalue weighted by Gasteiger charge is 2.40. The first-order chi connectivity index (χ1) is 13.2. The summed E-state index contributed by atoms with van der Waals surface area (Å²) in [7, 11) is 0. The predicted octanol–water partition coefficient (Wildman–Crippen LogP) is 3.97. The third kappa shape index (κ3) is 11.4. The lowest BCUT2D eigenvalue weighted by molar-refractivity contribution is -0.101. The molecule has 5 heteroatoms. The van der Waals surface area contributed by atoms with Gasteiger partial charge in [-0.25, -0.2) is 0 Å². The molecule has 0 aromatic carbocycles.